The van der Waals surface area contributed by atoms with E-state index in [2.05, 4.69) is 0 Å². The molecule has 1 aromatic carbocycles. The zero-order valence-corrected chi connectivity index (χ0v) is 15.5. The molecule has 0 saturated carbocycles. The molecule has 2 aliphatic rings. The van der Waals surface area contributed by atoms with Crippen LogP contribution in [-0.4, -0.2) is 75.7 Å². The number of alkyl halides is 1. The third kappa shape index (κ3) is 3.70. The third-order valence-corrected chi connectivity index (χ3v) is 6.77. The fraction of sp³-hybridized carbons (Fsp3) is 0.588. The molecule has 3 rings (SSSR count). The van der Waals surface area contributed by atoms with Crippen LogP contribution >= 0.6 is 0 Å². The van der Waals surface area contributed by atoms with Gasteiger partial charge in [-0.3, -0.25) is 4.79 Å². The number of benzene rings is 1. The molecule has 9 heteroatoms. The summed E-state index contributed by atoms with van der Waals surface area (Å²) in [6, 6.07) is 6.17. The van der Waals surface area contributed by atoms with E-state index in [9.17, 15) is 13.2 Å². The highest BCUT2D eigenvalue weighted by Gasteiger charge is 2.46. The number of amides is 1. The number of piperidine rings is 1. The lowest BCUT2D eigenvalue weighted by atomic mass is 9.92. The predicted octanol–water partition coefficient (Wildman–Crippen LogP) is 1.05. The topological polar surface area (TPSA) is 76.2 Å². The van der Waals surface area contributed by atoms with Gasteiger partial charge < -0.3 is 14.4 Å². The van der Waals surface area contributed by atoms with Crippen LogP contribution in [0.4, 0.5) is 4.39 Å². The van der Waals surface area contributed by atoms with E-state index in [0.29, 0.717) is 32.1 Å². The molecule has 0 spiro atoms. The molecule has 2 saturated heterocycles. The number of carbonyl (C=O) groups is 1. The van der Waals surface area contributed by atoms with Gasteiger partial charge in [-0.15, -0.1) is 0 Å². The Labute approximate surface area is 152 Å². The molecule has 1 amide bonds. The average molecular weight is 386 g/mol. The maximum Gasteiger partial charge on any atom is 0.260 e. The van der Waals surface area contributed by atoms with E-state index in [4.69, 9.17) is 9.47 Å². The largest absolute Gasteiger partial charge is 0.497 e. The predicted molar refractivity (Wildman–Crippen MR) is 92.2 cm³/mol. The van der Waals surface area contributed by atoms with E-state index in [1.165, 1.54) is 28.4 Å². The van der Waals surface area contributed by atoms with Crippen molar-refractivity contribution in [3.8, 4) is 5.75 Å². The monoisotopic (exact) mass is 386 g/mol. The van der Waals surface area contributed by atoms with Crippen LogP contribution in [0.2, 0.25) is 0 Å². The van der Waals surface area contributed by atoms with Crippen molar-refractivity contribution in [1.82, 2.24) is 9.21 Å². The summed E-state index contributed by atoms with van der Waals surface area (Å²) in [5.41, 5.74) is -2.02. The fourth-order valence-electron chi connectivity index (χ4n) is 3.26. The Morgan fingerprint density at radius 3 is 2.46 bits per heavy atom. The maximum atomic E-state index is 15.2. The molecule has 0 atom stereocenters. The summed E-state index contributed by atoms with van der Waals surface area (Å²) >= 11 is 0. The number of rotatable bonds is 4. The molecule has 1 aromatic rings. The van der Waals surface area contributed by atoms with Gasteiger partial charge in [0.05, 0.1) is 25.2 Å². The summed E-state index contributed by atoms with van der Waals surface area (Å²) in [7, 11) is -2.29. The van der Waals surface area contributed by atoms with Crippen molar-refractivity contribution in [2.45, 2.75) is 23.4 Å². The van der Waals surface area contributed by atoms with Crippen LogP contribution < -0.4 is 4.74 Å². The van der Waals surface area contributed by atoms with Crippen molar-refractivity contribution in [2.24, 2.45) is 0 Å². The molecule has 26 heavy (non-hydrogen) atoms. The van der Waals surface area contributed by atoms with Gasteiger partial charge in [-0.05, 0) is 12.1 Å². The molecular weight excluding hydrogens is 363 g/mol. The van der Waals surface area contributed by atoms with Crippen LogP contribution in [0.5, 0.6) is 5.75 Å². The number of hydrogen-bond acceptors (Lipinski definition) is 5. The maximum absolute atomic E-state index is 15.2. The van der Waals surface area contributed by atoms with Crippen LogP contribution in [0, 0.1) is 0 Å². The first kappa shape index (κ1) is 19.1. The SMILES string of the molecule is COc1cccc(S(=O)(=O)N2CCC(F)(C(=O)N3CCOCC3)CC2)c1. The zero-order valence-electron chi connectivity index (χ0n) is 14.7. The van der Waals surface area contributed by atoms with Crippen LogP contribution in [0.25, 0.3) is 0 Å². The van der Waals surface area contributed by atoms with Crippen LogP contribution in [0.1, 0.15) is 12.8 Å². The van der Waals surface area contributed by atoms with Gasteiger partial charge in [-0.2, -0.15) is 4.31 Å². The highest BCUT2D eigenvalue weighted by molar-refractivity contribution is 7.89. The fourth-order valence-corrected chi connectivity index (χ4v) is 4.73. The number of carbonyl (C=O) groups excluding carboxylic acids is 1. The Morgan fingerprint density at radius 1 is 1.19 bits per heavy atom. The van der Waals surface area contributed by atoms with Crippen LogP contribution in [-0.2, 0) is 19.6 Å². The highest BCUT2D eigenvalue weighted by Crippen LogP contribution is 2.32. The minimum atomic E-state index is -3.75. The normalized spacial score (nSPS) is 21.4. The standard InChI is InChI=1S/C17H23FN2O5S/c1-24-14-3-2-4-15(13-14)26(22,23)20-7-5-17(18,6-8-20)16(21)19-9-11-25-12-10-19/h2-4,13H,5-12H2,1H3. The van der Waals surface area contributed by atoms with Crippen LogP contribution in [0.3, 0.4) is 0 Å². The summed E-state index contributed by atoms with van der Waals surface area (Å²) < 4.78 is 52.2. The summed E-state index contributed by atoms with van der Waals surface area (Å²) in [6.45, 7) is 1.47. The van der Waals surface area contributed by atoms with E-state index in [0.717, 1.165) is 0 Å². The molecule has 2 heterocycles. The van der Waals surface area contributed by atoms with Gasteiger partial charge in [0.1, 0.15) is 5.75 Å². The van der Waals surface area contributed by atoms with E-state index in [1.807, 2.05) is 0 Å². The molecule has 2 fully saturated rings. The smallest absolute Gasteiger partial charge is 0.260 e. The molecular formula is C17H23FN2O5S. The second-order valence-electron chi connectivity index (χ2n) is 6.45. The number of morpholine rings is 1. The summed E-state index contributed by atoms with van der Waals surface area (Å²) in [6.07, 6.45) is -0.293. The quantitative estimate of drug-likeness (QED) is 0.773. The number of ether oxygens (including phenoxy) is 2. The molecule has 7 nitrogen and oxygen atoms in total. The van der Waals surface area contributed by atoms with Gasteiger partial charge in [0.15, 0.2) is 5.67 Å². The van der Waals surface area contributed by atoms with Gasteiger partial charge in [0, 0.05) is 45.1 Å². The Bertz CT molecular complexity index is 756. The molecule has 2 aliphatic heterocycles. The third-order valence-electron chi connectivity index (χ3n) is 4.88. The van der Waals surface area contributed by atoms with Crippen molar-refractivity contribution >= 4 is 15.9 Å². The summed E-state index contributed by atoms with van der Waals surface area (Å²) in [4.78, 5) is 14.1. The van der Waals surface area contributed by atoms with Gasteiger partial charge >= 0.3 is 0 Å². The Morgan fingerprint density at radius 2 is 1.85 bits per heavy atom. The van der Waals surface area contributed by atoms with Crippen LogP contribution in [0.15, 0.2) is 29.2 Å². The van der Waals surface area contributed by atoms with Crippen molar-refractivity contribution in [3.63, 3.8) is 0 Å². The van der Waals surface area contributed by atoms with E-state index >= 15 is 4.39 Å². The Hall–Kier alpha value is -1.71. The number of nitrogens with zero attached hydrogens (tertiary/aromatic N) is 2. The first-order valence-electron chi connectivity index (χ1n) is 8.57. The molecule has 0 bridgehead atoms. The molecule has 0 aliphatic carbocycles. The van der Waals surface area contributed by atoms with E-state index in [1.54, 1.807) is 12.1 Å². The minimum absolute atomic E-state index is 0.0356. The second-order valence-corrected chi connectivity index (χ2v) is 8.39. The zero-order chi connectivity index (χ0) is 18.8. The van der Waals surface area contributed by atoms with Gasteiger partial charge in [0.25, 0.3) is 5.91 Å². The minimum Gasteiger partial charge on any atom is -0.497 e. The lowest BCUT2D eigenvalue weighted by molar-refractivity contribution is -0.150. The van der Waals surface area contributed by atoms with Crippen molar-refractivity contribution in [3.05, 3.63) is 24.3 Å². The molecule has 0 unspecified atom stereocenters. The molecule has 0 N–H and O–H groups in total. The number of methoxy groups -OCH3 is 1. The Kier molecular flexibility index (Phi) is 5.50. The van der Waals surface area contributed by atoms with Crippen molar-refractivity contribution in [1.29, 1.82) is 0 Å². The summed E-state index contributed by atoms with van der Waals surface area (Å²) in [5, 5.41) is 0. The Balaban J connectivity index is 1.69. The van der Waals surface area contributed by atoms with Crippen molar-refractivity contribution in [2.75, 3.05) is 46.5 Å². The lowest BCUT2D eigenvalue weighted by Gasteiger charge is -2.38. The molecule has 144 valence electrons. The first-order valence-corrected chi connectivity index (χ1v) is 10.0. The molecule has 0 aromatic heterocycles. The number of halogens is 1. The number of hydrogen-bond donors (Lipinski definition) is 0. The van der Waals surface area contributed by atoms with Gasteiger partial charge in [-0.25, -0.2) is 12.8 Å². The summed E-state index contributed by atoms with van der Waals surface area (Å²) in [5.74, 6) is -0.121. The molecule has 0 radical (unpaired) electrons. The first-order chi connectivity index (χ1) is 12.4. The van der Waals surface area contributed by atoms with Crippen molar-refractivity contribution < 1.29 is 27.1 Å². The van der Waals surface area contributed by atoms with E-state index in [-0.39, 0.29) is 30.8 Å². The lowest BCUT2D eigenvalue weighted by Crippen LogP contribution is -2.55. The van der Waals surface area contributed by atoms with Gasteiger partial charge in [-0.1, -0.05) is 6.07 Å². The van der Waals surface area contributed by atoms with E-state index < -0.39 is 21.6 Å². The average Bonchev–Trinajstić information content (AvgIpc) is 2.68. The van der Waals surface area contributed by atoms with Gasteiger partial charge in [0.2, 0.25) is 10.0 Å². The highest BCUT2D eigenvalue weighted by atomic mass is 32.2. The number of sulfonamides is 1. The second kappa shape index (κ2) is 7.50.